The molecule has 0 saturated heterocycles. The lowest BCUT2D eigenvalue weighted by molar-refractivity contribution is 0.0695. The van der Waals surface area contributed by atoms with Gasteiger partial charge in [-0.3, -0.25) is 0 Å². The first kappa shape index (κ1) is 20.0. The second kappa shape index (κ2) is 8.21. The number of nitrogens with one attached hydrogen (secondary N) is 1. The van der Waals surface area contributed by atoms with Crippen molar-refractivity contribution in [2.75, 3.05) is 0 Å². The summed E-state index contributed by atoms with van der Waals surface area (Å²) in [4.78, 5) is 18.8. The fourth-order valence-electron chi connectivity index (χ4n) is 3.29. The van der Waals surface area contributed by atoms with Gasteiger partial charge in [-0.2, -0.15) is 4.98 Å². The third-order valence-electron chi connectivity index (χ3n) is 4.95. The van der Waals surface area contributed by atoms with E-state index in [-0.39, 0.29) is 23.3 Å². The van der Waals surface area contributed by atoms with Crippen LogP contribution in [0, 0.1) is 24.7 Å². The van der Waals surface area contributed by atoms with Gasteiger partial charge in [-0.25, -0.2) is 9.18 Å². The number of benzene rings is 1. The van der Waals surface area contributed by atoms with Crippen LogP contribution < -0.4 is 4.74 Å². The number of aromatic amines is 1. The number of carboxylic acid groups (broad SMARTS) is 1. The molecule has 0 radical (unpaired) electrons. The highest BCUT2D eigenvalue weighted by Gasteiger charge is 2.23. The van der Waals surface area contributed by atoms with Gasteiger partial charge in [-0.1, -0.05) is 35.6 Å². The first-order valence-electron chi connectivity index (χ1n) is 9.45. The largest absolute Gasteiger partial charge is 0.478 e. The lowest BCUT2D eigenvalue weighted by atomic mass is 9.95. The minimum atomic E-state index is -1.02. The van der Waals surface area contributed by atoms with Crippen LogP contribution in [0.15, 0.2) is 46.8 Å². The van der Waals surface area contributed by atoms with E-state index in [4.69, 9.17) is 16.3 Å². The molecule has 1 heterocycles. The number of aryl methyl sites for hydroxylation is 1. The number of carbonyl (C=O) groups is 1. The molecule has 4 rings (SSSR count). The summed E-state index contributed by atoms with van der Waals surface area (Å²) in [6.45, 7) is 1.72. The number of nitrogens with zero attached hydrogens (tertiary/aromatic N) is 1. The van der Waals surface area contributed by atoms with Gasteiger partial charge in [0.25, 0.3) is 6.01 Å². The van der Waals surface area contributed by atoms with Crippen LogP contribution in [-0.4, -0.2) is 21.0 Å². The average Bonchev–Trinajstić information content (AvgIpc) is 3.09. The third kappa shape index (κ3) is 4.17. The number of hydrogen-bond acceptors (Lipinski definition) is 3. The van der Waals surface area contributed by atoms with E-state index in [0.29, 0.717) is 46.9 Å². The van der Waals surface area contributed by atoms with Gasteiger partial charge in [0, 0.05) is 23.6 Å². The maximum absolute atomic E-state index is 13.9. The number of rotatable bonds is 3. The molecule has 1 aromatic heterocycles. The zero-order chi connectivity index (χ0) is 21.3. The minimum Gasteiger partial charge on any atom is -0.478 e. The molecule has 1 unspecified atom stereocenters. The molecule has 7 heteroatoms. The van der Waals surface area contributed by atoms with E-state index < -0.39 is 5.97 Å². The highest BCUT2D eigenvalue weighted by Crippen LogP contribution is 2.32. The number of carboxylic acids is 1. The zero-order valence-corrected chi connectivity index (χ0v) is 16.9. The lowest BCUT2D eigenvalue weighted by Gasteiger charge is -2.14. The quantitative estimate of drug-likeness (QED) is 0.634. The highest BCUT2D eigenvalue weighted by atomic mass is 35.5. The molecule has 2 aliphatic carbocycles. The molecule has 5 nitrogen and oxygen atoms in total. The maximum atomic E-state index is 13.9. The van der Waals surface area contributed by atoms with Crippen LogP contribution >= 0.6 is 11.6 Å². The van der Waals surface area contributed by atoms with E-state index >= 15 is 0 Å². The molecule has 0 fully saturated rings. The molecule has 0 saturated carbocycles. The van der Waals surface area contributed by atoms with Crippen LogP contribution in [0.25, 0.3) is 6.08 Å². The van der Waals surface area contributed by atoms with Crippen molar-refractivity contribution < 1.29 is 19.0 Å². The number of halogens is 2. The second-order valence-electron chi connectivity index (χ2n) is 7.10. The highest BCUT2D eigenvalue weighted by molar-refractivity contribution is 6.32. The van der Waals surface area contributed by atoms with Gasteiger partial charge >= 0.3 is 5.97 Å². The molecule has 152 valence electrons. The molecular weight excluding hydrogens is 407 g/mol. The van der Waals surface area contributed by atoms with E-state index in [2.05, 4.69) is 21.8 Å². The number of imidazole rings is 1. The molecule has 30 heavy (non-hydrogen) atoms. The van der Waals surface area contributed by atoms with Gasteiger partial charge in [0.05, 0.1) is 22.7 Å². The molecular formula is C23H18ClFN2O3. The van der Waals surface area contributed by atoms with Crippen LogP contribution in [0.1, 0.15) is 40.2 Å². The van der Waals surface area contributed by atoms with E-state index in [0.717, 1.165) is 5.69 Å². The Morgan fingerprint density at radius 3 is 3.03 bits per heavy atom. The Kier molecular flexibility index (Phi) is 5.47. The van der Waals surface area contributed by atoms with Crippen molar-refractivity contribution >= 4 is 23.6 Å². The Morgan fingerprint density at radius 2 is 2.27 bits per heavy atom. The molecule has 0 bridgehead atoms. The molecule has 0 amide bonds. The molecule has 2 aromatic rings. The van der Waals surface area contributed by atoms with Crippen LogP contribution in [0.4, 0.5) is 4.39 Å². The molecule has 0 aliphatic heterocycles. The summed E-state index contributed by atoms with van der Waals surface area (Å²) in [6.07, 6.45) is 6.87. The van der Waals surface area contributed by atoms with E-state index in [1.807, 2.05) is 6.08 Å². The second-order valence-corrected chi connectivity index (χ2v) is 7.54. The monoisotopic (exact) mass is 424 g/mol. The van der Waals surface area contributed by atoms with Crippen molar-refractivity contribution in [1.82, 2.24) is 9.97 Å². The summed E-state index contributed by atoms with van der Waals surface area (Å²) in [5.41, 5.74) is 2.65. The van der Waals surface area contributed by atoms with Gasteiger partial charge in [0.1, 0.15) is 11.6 Å². The SMILES string of the molecule is Cc1ccc(Oc2nc3c([nH]2)CC(C#CC2=C(F)CCC=C2)C(Cl)=C3)cc1C(=O)O. The third-order valence-corrected chi connectivity index (χ3v) is 5.32. The summed E-state index contributed by atoms with van der Waals surface area (Å²) in [5.74, 6) is 4.81. The van der Waals surface area contributed by atoms with Gasteiger partial charge in [0.15, 0.2) is 0 Å². The number of allylic oxidation sites excluding steroid dienone is 5. The Labute approximate surface area is 177 Å². The first-order chi connectivity index (χ1) is 14.4. The predicted octanol–water partition coefficient (Wildman–Crippen LogP) is 5.54. The summed E-state index contributed by atoms with van der Waals surface area (Å²) in [6, 6.07) is 5.05. The van der Waals surface area contributed by atoms with Gasteiger partial charge in [-0.15, -0.1) is 0 Å². The molecule has 2 N–H and O–H groups in total. The first-order valence-corrected chi connectivity index (χ1v) is 9.83. The Balaban J connectivity index is 1.53. The summed E-state index contributed by atoms with van der Waals surface area (Å²) in [5, 5.41) is 9.79. The normalized spacial score (nSPS) is 17.7. The van der Waals surface area contributed by atoms with Crippen molar-refractivity contribution in [3.63, 3.8) is 0 Å². The van der Waals surface area contributed by atoms with Gasteiger partial charge in [0.2, 0.25) is 0 Å². The fraction of sp³-hybridized carbons (Fsp3) is 0.217. The molecule has 2 aliphatic rings. The topological polar surface area (TPSA) is 75.2 Å². The van der Waals surface area contributed by atoms with Crippen molar-refractivity contribution in [2.24, 2.45) is 5.92 Å². The lowest BCUT2D eigenvalue weighted by Crippen LogP contribution is -2.08. The average molecular weight is 425 g/mol. The van der Waals surface area contributed by atoms with Crippen LogP contribution in [0.3, 0.4) is 0 Å². The Hall–Kier alpha value is -3.30. The van der Waals surface area contributed by atoms with Crippen LogP contribution in [0.5, 0.6) is 11.8 Å². The van der Waals surface area contributed by atoms with E-state index in [1.165, 1.54) is 6.07 Å². The standard InChI is InChI=1S/C23H18ClFN2O3/c1-13-6-9-16(11-17(13)22(28)29)30-23-26-20-10-15(18(24)12-21(20)27-23)8-7-14-4-2-3-5-19(14)25/h2,4,6,9,11-12,15H,3,5,10H2,1H3,(H,26,27)(H,28,29). The number of H-pyrrole nitrogens is 1. The minimum absolute atomic E-state index is 0.167. The summed E-state index contributed by atoms with van der Waals surface area (Å²) in [7, 11) is 0. The van der Waals surface area contributed by atoms with E-state index in [1.54, 1.807) is 31.2 Å². The number of aromatic carboxylic acids is 1. The summed E-state index contributed by atoms with van der Waals surface area (Å²) >= 11 is 6.38. The summed E-state index contributed by atoms with van der Waals surface area (Å²) < 4.78 is 19.6. The maximum Gasteiger partial charge on any atom is 0.336 e. The van der Waals surface area contributed by atoms with Gasteiger partial charge in [-0.05, 0) is 43.2 Å². The smallest absolute Gasteiger partial charge is 0.336 e. The number of aromatic nitrogens is 2. The van der Waals surface area contributed by atoms with Crippen molar-refractivity contribution in [3.05, 3.63) is 69.3 Å². The van der Waals surface area contributed by atoms with Crippen LogP contribution in [0.2, 0.25) is 0 Å². The van der Waals surface area contributed by atoms with Crippen molar-refractivity contribution in [1.29, 1.82) is 0 Å². The Morgan fingerprint density at radius 1 is 1.43 bits per heavy atom. The molecule has 1 aromatic carbocycles. The van der Waals surface area contributed by atoms with Crippen LogP contribution in [-0.2, 0) is 6.42 Å². The fourth-order valence-corrected chi connectivity index (χ4v) is 3.53. The zero-order valence-electron chi connectivity index (χ0n) is 16.1. The molecule has 1 atom stereocenters. The number of ether oxygens (including phenoxy) is 1. The van der Waals surface area contributed by atoms with Crippen molar-refractivity contribution in [2.45, 2.75) is 26.2 Å². The van der Waals surface area contributed by atoms with Crippen molar-refractivity contribution in [3.8, 4) is 23.6 Å². The number of fused-ring (bicyclic) bond motifs is 1. The number of hydrogen-bond donors (Lipinski definition) is 2. The van der Waals surface area contributed by atoms with E-state index in [9.17, 15) is 14.3 Å². The molecule has 0 spiro atoms. The predicted molar refractivity (Wildman–Crippen MR) is 112 cm³/mol. The Bertz CT molecular complexity index is 1180. The van der Waals surface area contributed by atoms with Gasteiger partial charge < -0.3 is 14.8 Å².